The monoisotopic (exact) mass is 181 g/mol. The Balaban J connectivity index is 2.47. The van der Waals surface area contributed by atoms with E-state index in [-0.39, 0.29) is 0 Å². The summed E-state index contributed by atoms with van der Waals surface area (Å²) in [5.74, 6) is 0. The summed E-state index contributed by atoms with van der Waals surface area (Å²) >= 11 is 5.10. The van der Waals surface area contributed by atoms with Crippen LogP contribution in [0.3, 0.4) is 0 Å². The van der Waals surface area contributed by atoms with Gasteiger partial charge in [0, 0.05) is 6.04 Å². The summed E-state index contributed by atoms with van der Waals surface area (Å²) < 4.78 is 10.5. The van der Waals surface area contributed by atoms with Crippen LogP contribution in [-0.2, 0) is 20.9 Å². The van der Waals surface area contributed by atoms with Crippen LogP contribution in [0.4, 0.5) is 0 Å². The molecule has 0 radical (unpaired) electrons. The van der Waals surface area contributed by atoms with Crippen molar-refractivity contribution in [3.05, 3.63) is 0 Å². The van der Waals surface area contributed by atoms with E-state index in [4.69, 9.17) is 20.9 Å². The Morgan fingerprint density at radius 2 is 2.60 bits per heavy atom. The molecule has 1 saturated heterocycles. The maximum Gasteiger partial charge on any atom is 0.261 e. The van der Waals surface area contributed by atoms with Crippen LogP contribution in [0.2, 0.25) is 0 Å². The van der Waals surface area contributed by atoms with Crippen molar-refractivity contribution in [3.63, 3.8) is 0 Å². The fourth-order valence-corrected chi connectivity index (χ4v) is 3.44. The third-order valence-corrected chi connectivity index (χ3v) is 3.96. The van der Waals surface area contributed by atoms with Gasteiger partial charge in [0.25, 0.3) is 6.64 Å². The molecule has 1 unspecified atom stereocenters. The highest BCUT2D eigenvalue weighted by Gasteiger charge is 2.28. The van der Waals surface area contributed by atoms with Crippen LogP contribution in [0, 0.1) is 0 Å². The van der Waals surface area contributed by atoms with Gasteiger partial charge in [-0.15, -0.1) is 0 Å². The molecule has 0 amide bonds. The maximum absolute atomic E-state index is 5.29. The summed E-state index contributed by atoms with van der Waals surface area (Å²) in [5, 5.41) is 3.11. The van der Waals surface area contributed by atoms with E-state index < -0.39 is 6.64 Å². The van der Waals surface area contributed by atoms with Crippen LogP contribution >= 0.6 is 6.64 Å². The molecule has 1 aliphatic heterocycles. The van der Waals surface area contributed by atoms with Gasteiger partial charge in [0.1, 0.15) is 0 Å². The van der Waals surface area contributed by atoms with Crippen molar-refractivity contribution >= 4 is 18.4 Å². The second-order valence-corrected chi connectivity index (χ2v) is 5.45. The highest BCUT2D eigenvalue weighted by atomic mass is 32.5. The summed E-state index contributed by atoms with van der Waals surface area (Å²) in [6.07, 6.45) is 0. The summed E-state index contributed by atoms with van der Waals surface area (Å²) in [6.45, 7) is 3.21. The Morgan fingerprint density at radius 1 is 1.90 bits per heavy atom. The molecule has 1 aliphatic rings. The molecule has 1 N–H and O–H groups in total. The number of nitrogens with one attached hydrogen (secondary N) is 1. The molecule has 0 aromatic heterocycles. The summed E-state index contributed by atoms with van der Waals surface area (Å²) in [6, 6.07) is 0.345. The zero-order valence-corrected chi connectivity index (χ0v) is 7.87. The quantitative estimate of drug-likeness (QED) is 0.649. The zero-order valence-electron chi connectivity index (χ0n) is 6.16. The molecule has 0 saturated carbocycles. The van der Waals surface area contributed by atoms with Gasteiger partial charge in [0.05, 0.1) is 13.2 Å². The Morgan fingerprint density at radius 3 is 3.00 bits per heavy atom. The standard InChI is InChI=1S/C5H12NO2PS/c1-3-7-9(10)6-5(2)4-8-9/h5H,3-4H2,1-2H3,(H,6,10)/t5-,9?/m0/s1. The summed E-state index contributed by atoms with van der Waals surface area (Å²) in [7, 11) is 0. The predicted molar refractivity (Wildman–Crippen MR) is 44.5 cm³/mol. The zero-order chi connectivity index (χ0) is 7.61. The topological polar surface area (TPSA) is 30.5 Å². The lowest BCUT2D eigenvalue weighted by Gasteiger charge is -2.13. The summed E-state index contributed by atoms with van der Waals surface area (Å²) in [4.78, 5) is 0. The largest absolute Gasteiger partial charge is 0.318 e. The van der Waals surface area contributed by atoms with Gasteiger partial charge in [-0.25, -0.2) is 5.09 Å². The number of hydrogen-bond donors (Lipinski definition) is 1. The minimum atomic E-state index is -2.04. The van der Waals surface area contributed by atoms with Gasteiger partial charge in [0.15, 0.2) is 0 Å². The lowest BCUT2D eigenvalue weighted by molar-refractivity contribution is 0.280. The second kappa shape index (κ2) is 3.28. The molecule has 10 heavy (non-hydrogen) atoms. The minimum Gasteiger partial charge on any atom is -0.318 e. The Bertz CT molecular complexity index is 158. The van der Waals surface area contributed by atoms with Crippen LogP contribution in [-0.4, -0.2) is 19.3 Å². The van der Waals surface area contributed by atoms with Gasteiger partial charge in [-0.3, -0.25) is 0 Å². The SMILES string of the molecule is CCOP1(=S)N[C@@H](C)CO1. The van der Waals surface area contributed by atoms with E-state index >= 15 is 0 Å². The van der Waals surface area contributed by atoms with Crippen molar-refractivity contribution in [3.8, 4) is 0 Å². The molecule has 0 spiro atoms. The average Bonchev–Trinajstić information content (AvgIpc) is 2.12. The van der Waals surface area contributed by atoms with Crippen LogP contribution in [0.25, 0.3) is 0 Å². The first-order chi connectivity index (χ1) is 4.66. The fourth-order valence-electron chi connectivity index (χ4n) is 0.799. The highest BCUT2D eigenvalue weighted by molar-refractivity contribution is 8.09. The van der Waals surface area contributed by atoms with Crippen molar-refractivity contribution in [1.82, 2.24) is 5.09 Å². The first-order valence-corrected chi connectivity index (χ1v) is 5.97. The molecule has 1 heterocycles. The highest BCUT2D eigenvalue weighted by Crippen LogP contribution is 2.48. The first-order valence-electron chi connectivity index (χ1n) is 3.33. The average molecular weight is 181 g/mol. The maximum atomic E-state index is 5.29. The van der Waals surface area contributed by atoms with E-state index in [0.717, 1.165) is 0 Å². The first kappa shape index (κ1) is 8.62. The third kappa shape index (κ3) is 2.01. The van der Waals surface area contributed by atoms with Gasteiger partial charge in [-0.2, -0.15) is 0 Å². The molecule has 60 valence electrons. The molecular formula is C5H12NO2PS. The predicted octanol–water partition coefficient (Wildman–Crippen LogP) is 1.26. The molecule has 2 atom stereocenters. The van der Waals surface area contributed by atoms with Gasteiger partial charge in [0.2, 0.25) is 0 Å². The van der Waals surface area contributed by atoms with Crippen molar-refractivity contribution in [2.75, 3.05) is 13.2 Å². The normalized spacial score (nSPS) is 40.4. The van der Waals surface area contributed by atoms with E-state index in [2.05, 4.69) is 5.09 Å². The molecule has 0 aromatic carbocycles. The van der Waals surface area contributed by atoms with Crippen molar-refractivity contribution in [1.29, 1.82) is 0 Å². The van der Waals surface area contributed by atoms with Crippen molar-refractivity contribution < 1.29 is 9.05 Å². The molecule has 3 nitrogen and oxygen atoms in total. The lowest BCUT2D eigenvalue weighted by atomic mass is 10.4. The molecule has 0 bridgehead atoms. The van der Waals surface area contributed by atoms with Crippen LogP contribution < -0.4 is 5.09 Å². The molecule has 0 aliphatic carbocycles. The number of rotatable bonds is 2. The van der Waals surface area contributed by atoms with E-state index in [9.17, 15) is 0 Å². The third-order valence-electron chi connectivity index (χ3n) is 1.17. The molecular weight excluding hydrogens is 169 g/mol. The van der Waals surface area contributed by atoms with E-state index in [1.165, 1.54) is 0 Å². The second-order valence-electron chi connectivity index (χ2n) is 2.24. The lowest BCUT2D eigenvalue weighted by Crippen LogP contribution is -2.17. The Labute approximate surface area is 66.3 Å². The molecule has 1 rings (SSSR count). The van der Waals surface area contributed by atoms with Gasteiger partial charge < -0.3 is 9.05 Å². The fraction of sp³-hybridized carbons (Fsp3) is 1.00. The summed E-state index contributed by atoms with van der Waals surface area (Å²) in [5.41, 5.74) is 0. The molecule has 1 fully saturated rings. The van der Waals surface area contributed by atoms with Gasteiger partial charge >= 0.3 is 0 Å². The van der Waals surface area contributed by atoms with E-state index in [1.54, 1.807) is 0 Å². The minimum absolute atomic E-state index is 0.345. The number of hydrogen-bond acceptors (Lipinski definition) is 3. The van der Waals surface area contributed by atoms with Crippen LogP contribution in [0.1, 0.15) is 13.8 Å². The van der Waals surface area contributed by atoms with E-state index in [0.29, 0.717) is 19.3 Å². The molecule has 5 heteroatoms. The van der Waals surface area contributed by atoms with Crippen molar-refractivity contribution in [2.24, 2.45) is 0 Å². The Hall–Kier alpha value is 0.530. The van der Waals surface area contributed by atoms with E-state index in [1.807, 2.05) is 13.8 Å². The van der Waals surface area contributed by atoms with Crippen LogP contribution in [0.5, 0.6) is 0 Å². The van der Waals surface area contributed by atoms with Gasteiger partial charge in [-0.05, 0) is 25.7 Å². The molecule has 0 aromatic rings. The smallest absolute Gasteiger partial charge is 0.261 e. The van der Waals surface area contributed by atoms with Crippen molar-refractivity contribution in [2.45, 2.75) is 19.9 Å². The Kier molecular flexibility index (Phi) is 2.83. The van der Waals surface area contributed by atoms with Crippen LogP contribution in [0.15, 0.2) is 0 Å². The van der Waals surface area contributed by atoms with Gasteiger partial charge in [-0.1, -0.05) is 0 Å².